The fourth-order valence-corrected chi connectivity index (χ4v) is 2.76. The number of hydrogen-bond acceptors (Lipinski definition) is 3. The second kappa shape index (κ2) is 6.65. The predicted molar refractivity (Wildman–Crippen MR) is 88.1 cm³/mol. The molecular weight excluding hydrogens is 293 g/mol. The molecule has 0 aliphatic heterocycles. The molecule has 1 N–H and O–H groups in total. The van der Waals surface area contributed by atoms with E-state index in [0.717, 1.165) is 22.7 Å². The van der Waals surface area contributed by atoms with E-state index in [0.29, 0.717) is 12.8 Å². The molecule has 0 fully saturated rings. The molecule has 2 aromatic rings. The molecule has 2 aromatic carbocycles. The third kappa shape index (κ3) is 3.77. The summed E-state index contributed by atoms with van der Waals surface area (Å²) in [4.78, 5) is 12.1. The molecule has 0 bridgehead atoms. The van der Waals surface area contributed by atoms with Gasteiger partial charge in [0.25, 0.3) is 0 Å². The summed E-state index contributed by atoms with van der Waals surface area (Å²) in [7, 11) is 1.63. The molecule has 118 valence electrons. The Balaban J connectivity index is 1.80. The molecule has 4 heteroatoms. The topological polar surface area (TPSA) is 38.3 Å². The van der Waals surface area contributed by atoms with Crippen molar-refractivity contribution in [1.82, 2.24) is 0 Å². The van der Waals surface area contributed by atoms with Crippen LogP contribution in [0.15, 0.2) is 60.3 Å². The van der Waals surface area contributed by atoms with E-state index >= 15 is 0 Å². The standard InChI is InChI=1S/C19H18FNO2/c1-23-19-8-2-13(3-9-19)14-10-17(12-18(22)11-14)21-16-6-4-15(20)5-7-16/h2-10,14,21H,11-12H2,1H3. The van der Waals surface area contributed by atoms with Crippen molar-refractivity contribution in [2.24, 2.45) is 0 Å². The van der Waals surface area contributed by atoms with Gasteiger partial charge in [-0.05, 0) is 42.0 Å². The number of carbonyl (C=O) groups is 1. The number of methoxy groups -OCH3 is 1. The SMILES string of the molecule is COc1ccc(C2C=C(Nc3ccc(F)cc3)CC(=O)C2)cc1. The van der Waals surface area contributed by atoms with E-state index in [1.54, 1.807) is 19.2 Å². The van der Waals surface area contributed by atoms with Gasteiger partial charge in [0.1, 0.15) is 17.3 Å². The lowest BCUT2D eigenvalue weighted by atomic mass is 9.87. The predicted octanol–water partition coefficient (Wildman–Crippen LogP) is 4.28. The van der Waals surface area contributed by atoms with Crippen LogP contribution in [0.5, 0.6) is 5.75 Å². The number of hydrogen-bond donors (Lipinski definition) is 1. The first-order valence-electron chi connectivity index (χ1n) is 7.53. The number of ketones is 1. The van der Waals surface area contributed by atoms with Crippen molar-refractivity contribution in [3.63, 3.8) is 0 Å². The highest BCUT2D eigenvalue weighted by atomic mass is 19.1. The second-order valence-corrected chi connectivity index (χ2v) is 5.62. The molecule has 0 radical (unpaired) electrons. The zero-order chi connectivity index (χ0) is 16.2. The molecule has 1 unspecified atom stereocenters. The van der Waals surface area contributed by atoms with Crippen LogP contribution in [0.4, 0.5) is 10.1 Å². The van der Waals surface area contributed by atoms with E-state index in [4.69, 9.17) is 4.74 Å². The minimum Gasteiger partial charge on any atom is -0.497 e. The first kappa shape index (κ1) is 15.3. The van der Waals surface area contributed by atoms with Gasteiger partial charge in [0.15, 0.2) is 0 Å². The van der Waals surface area contributed by atoms with Crippen LogP contribution in [0.1, 0.15) is 24.3 Å². The van der Waals surface area contributed by atoms with E-state index in [2.05, 4.69) is 11.4 Å². The highest BCUT2D eigenvalue weighted by molar-refractivity contribution is 5.84. The van der Waals surface area contributed by atoms with Gasteiger partial charge in [0, 0.05) is 30.1 Å². The number of nitrogens with one attached hydrogen (secondary N) is 1. The molecule has 0 saturated heterocycles. The molecule has 0 amide bonds. The fraction of sp³-hybridized carbons (Fsp3) is 0.211. The van der Waals surface area contributed by atoms with Crippen LogP contribution in [-0.4, -0.2) is 12.9 Å². The molecule has 0 spiro atoms. The molecular formula is C19H18FNO2. The maximum Gasteiger partial charge on any atom is 0.139 e. The average Bonchev–Trinajstić information content (AvgIpc) is 2.56. The van der Waals surface area contributed by atoms with Gasteiger partial charge in [0.2, 0.25) is 0 Å². The van der Waals surface area contributed by atoms with Crippen molar-refractivity contribution in [1.29, 1.82) is 0 Å². The van der Waals surface area contributed by atoms with Gasteiger partial charge >= 0.3 is 0 Å². The van der Waals surface area contributed by atoms with Crippen LogP contribution in [0.2, 0.25) is 0 Å². The molecule has 1 aliphatic rings. The summed E-state index contributed by atoms with van der Waals surface area (Å²) in [6.45, 7) is 0. The van der Waals surface area contributed by atoms with Gasteiger partial charge in [-0.2, -0.15) is 0 Å². The summed E-state index contributed by atoms with van der Waals surface area (Å²) < 4.78 is 18.1. The number of Topliss-reactive ketones (excluding diaryl/α,β-unsaturated/α-hetero) is 1. The first-order chi connectivity index (χ1) is 11.1. The molecule has 1 aliphatic carbocycles. The van der Waals surface area contributed by atoms with Gasteiger partial charge in [-0.25, -0.2) is 4.39 Å². The van der Waals surface area contributed by atoms with Gasteiger partial charge < -0.3 is 10.1 Å². The van der Waals surface area contributed by atoms with Crippen LogP contribution in [0, 0.1) is 5.82 Å². The summed E-state index contributed by atoms with van der Waals surface area (Å²) in [5.41, 5.74) is 2.71. The Bertz CT molecular complexity index is 720. The highest BCUT2D eigenvalue weighted by Gasteiger charge is 2.21. The van der Waals surface area contributed by atoms with E-state index < -0.39 is 0 Å². The molecule has 0 heterocycles. The number of benzene rings is 2. The third-order valence-electron chi connectivity index (χ3n) is 3.93. The van der Waals surface area contributed by atoms with E-state index in [9.17, 15) is 9.18 Å². The first-order valence-corrected chi connectivity index (χ1v) is 7.53. The fourth-order valence-electron chi connectivity index (χ4n) is 2.76. The molecule has 0 aromatic heterocycles. The number of rotatable bonds is 4. The molecule has 1 atom stereocenters. The Kier molecular flexibility index (Phi) is 4.42. The van der Waals surface area contributed by atoms with Crippen LogP contribution in [-0.2, 0) is 4.79 Å². The molecule has 0 saturated carbocycles. The quantitative estimate of drug-likeness (QED) is 0.916. The summed E-state index contributed by atoms with van der Waals surface area (Å²) >= 11 is 0. The Hall–Kier alpha value is -2.62. The third-order valence-corrected chi connectivity index (χ3v) is 3.93. The monoisotopic (exact) mass is 311 g/mol. The van der Waals surface area contributed by atoms with Crippen LogP contribution >= 0.6 is 0 Å². The highest BCUT2D eigenvalue weighted by Crippen LogP contribution is 2.30. The zero-order valence-corrected chi connectivity index (χ0v) is 12.9. The molecule has 3 nitrogen and oxygen atoms in total. The van der Waals surface area contributed by atoms with Gasteiger partial charge in [-0.15, -0.1) is 0 Å². The lowest BCUT2D eigenvalue weighted by Gasteiger charge is -2.22. The van der Waals surface area contributed by atoms with Crippen molar-refractivity contribution in [2.45, 2.75) is 18.8 Å². The zero-order valence-electron chi connectivity index (χ0n) is 12.9. The van der Waals surface area contributed by atoms with Gasteiger partial charge in [0.05, 0.1) is 7.11 Å². The van der Waals surface area contributed by atoms with E-state index in [1.807, 2.05) is 24.3 Å². The largest absolute Gasteiger partial charge is 0.497 e. The maximum absolute atomic E-state index is 13.0. The summed E-state index contributed by atoms with van der Waals surface area (Å²) in [5, 5.41) is 3.21. The Morgan fingerprint density at radius 1 is 1.09 bits per heavy atom. The Labute approximate surface area is 134 Å². The number of carbonyl (C=O) groups excluding carboxylic acids is 1. The van der Waals surface area contributed by atoms with Crippen molar-refractivity contribution >= 4 is 11.5 Å². The van der Waals surface area contributed by atoms with Crippen molar-refractivity contribution in [3.05, 3.63) is 71.7 Å². The van der Waals surface area contributed by atoms with Crippen molar-refractivity contribution < 1.29 is 13.9 Å². The van der Waals surface area contributed by atoms with Crippen molar-refractivity contribution in [3.8, 4) is 5.75 Å². The minimum atomic E-state index is -0.277. The van der Waals surface area contributed by atoms with Gasteiger partial charge in [-0.1, -0.05) is 18.2 Å². The number of anilines is 1. The lowest BCUT2D eigenvalue weighted by Crippen LogP contribution is -2.16. The summed E-state index contributed by atoms with van der Waals surface area (Å²) in [6.07, 6.45) is 2.96. The Morgan fingerprint density at radius 3 is 2.43 bits per heavy atom. The number of allylic oxidation sites excluding steroid dienone is 2. The van der Waals surface area contributed by atoms with E-state index in [-0.39, 0.29) is 17.5 Å². The van der Waals surface area contributed by atoms with Crippen molar-refractivity contribution in [2.75, 3.05) is 12.4 Å². The number of halogens is 1. The van der Waals surface area contributed by atoms with Crippen LogP contribution < -0.4 is 10.1 Å². The molecule has 23 heavy (non-hydrogen) atoms. The van der Waals surface area contributed by atoms with Gasteiger partial charge in [-0.3, -0.25) is 4.79 Å². The minimum absolute atomic E-state index is 0.0464. The van der Waals surface area contributed by atoms with E-state index in [1.165, 1.54) is 12.1 Å². The number of ether oxygens (including phenoxy) is 1. The maximum atomic E-state index is 13.0. The molecule has 3 rings (SSSR count). The smallest absolute Gasteiger partial charge is 0.139 e. The second-order valence-electron chi connectivity index (χ2n) is 5.62. The summed E-state index contributed by atoms with van der Waals surface area (Å²) in [6, 6.07) is 13.9. The average molecular weight is 311 g/mol. The Morgan fingerprint density at radius 2 is 1.78 bits per heavy atom. The lowest BCUT2D eigenvalue weighted by molar-refractivity contribution is -0.118. The van der Waals surface area contributed by atoms with Crippen LogP contribution in [0.25, 0.3) is 0 Å². The summed E-state index contributed by atoms with van der Waals surface area (Å²) in [5.74, 6) is 0.757. The van der Waals surface area contributed by atoms with Crippen LogP contribution in [0.3, 0.4) is 0 Å². The normalized spacial score (nSPS) is 17.6.